The van der Waals surface area contributed by atoms with Crippen molar-refractivity contribution in [2.24, 2.45) is 0 Å². The van der Waals surface area contributed by atoms with Crippen molar-refractivity contribution in [3.05, 3.63) is 42.5 Å². The fraction of sp³-hybridized carbons (Fsp3) is 0.412. The fourth-order valence-electron chi connectivity index (χ4n) is 3.06. The first kappa shape index (κ1) is 17.1. The van der Waals surface area contributed by atoms with Crippen LogP contribution in [-0.2, 0) is 4.79 Å². The highest BCUT2D eigenvalue weighted by molar-refractivity contribution is 5.94. The summed E-state index contributed by atoms with van der Waals surface area (Å²) in [5.74, 6) is -0.928. The molecule has 3 rings (SSSR count). The molecule has 0 bridgehead atoms. The molecule has 0 aliphatic heterocycles. The number of carbonyl (C=O) groups is 2. The first-order chi connectivity index (χ1) is 12.1. The molecule has 1 amide bonds. The van der Waals surface area contributed by atoms with Gasteiger partial charge in [0.1, 0.15) is 12.7 Å². The Morgan fingerprint density at radius 1 is 1.24 bits per heavy atom. The van der Waals surface area contributed by atoms with Crippen LogP contribution >= 0.6 is 0 Å². The minimum absolute atomic E-state index is 0.0480. The molecule has 132 valence electrons. The van der Waals surface area contributed by atoms with E-state index in [4.69, 9.17) is 5.11 Å². The van der Waals surface area contributed by atoms with E-state index >= 15 is 0 Å². The van der Waals surface area contributed by atoms with Crippen LogP contribution in [0.4, 0.5) is 0 Å². The number of carboxylic acids is 1. The van der Waals surface area contributed by atoms with E-state index in [0.29, 0.717) is 12.1 Å². The predicted octanol–water partition coefficient (Wildman–Crippen LogP) is 0.935. The molecule has 2 aromatic rings. The molecule has 0 spiro atoms. The van der Waals surface area contributed by atoms with Gasteiger partial charge in [0.05, 0.1) is 6.54 Å². The van der Waals surface area contributed by atoms with Crippen LogP contribution in [0.15, 0.2) is 36.9 Å². The average Bonchev–Trinajstić information content (AvgIpc) is 3.10. The van der Waals surface area contributed by atoms with Gasteiger partial charge in [0.15, 0.2) is 0 Å². The highest BCUT2D eigenvalue weighted by Crippen LogP contribution is 2.26. The zero-order valence-electron chi connectivity index (χ0n) is 14.0. The van der Waals surface area contributed by atoms with Crippen LogP contribution in [0.5, 0.6) is 0 Å². The van der Waals surface area contributed by atoms with Crippen LogP contribution in [0.2, 0.25) is 0 Å². The van der Waals surface area contributed by atoms with E-state index in [1.165, 1.54) is 0 Å². The topological polar surface area (TPSA) is 100 Å². The number of nitrogens with zero attached hydrogens (tertiary/aromatic N) is 4. The summed E-state index contributed by atoms with van der Waals surface area (Å²) in [7, 11) is 0. The molecule has 1 aliphatic rings. The Bertz CT molecular complexity index is 723. The van der Waals surface area contributed by atoms with Crippen molar-refractivity contribution in [3.63, 3.8) is 0 Å². The molecular weight excluding hydrogens is 322 g/mol. The number of likely N-dealkylation sites (N-methyl/N-ethyl adjacent to an activating group) is 1. The molecular formula is C17H21N5O3. The Labute approximate surface area is 145 Å². The third kappa shape index (κ3) is 4.03. The lowest BCUT2D eigenvalue weighted by molar-refractivity contribution is -0.139. The summed E-state index contributed by atoms with van der Waals surface area (Å²) in [4.78, 5) is 25.1. The molecule has 8 nitrogen and oxygen atoms in total. The zero-order valence-corrected chi connectivity index (χ0v) is 14.0. The largest absolute Gasteiger partial charge is 0.480 e. The first-order valence-electron chi connectivity index (χ1n) is 8.28. The van der Waals surface area contributed by atoms with Gasteiger partial charge in [-0.05, 0) is 43.7 Å². The fourth-order valence-corrected chi connectivity index (χ4v) is 3.06. The van der Waals surface area contributed by atoms with Crippen molar-refractivity contribution in [2.75, 3.05) is 13.1 Å². The van der Waals surface area contributed by atoms with Crippen LogP contribution in [0.1, 0.15) is 30.1 Å². The van der Waals surface area contributed by atoms with Gasteiger partial charge in [-0.25, -0.2) is 0 Å². The maximum Gasteiger partial charge on any atom is 0.317 e. The summed E-state index contributed by atoms with van der Waals surface area (Å²) in [6, 6.07) is 7.54. The number of aromatic nitrogens is 3. The van der Waals surface area contributed by atoms with E-state index < -0.39 is 5.97 Å². The molecule has 8 heteroatoms. The highest BCUT2D eigenvalue weighted by Gasteiger charge is 2.34. The maximum absolute atomic E-state index is 12.3. The molecule has 0 atom stereocenters. The monoisotopic (exact) mass is 343 g/mol. The maximum atomic E-state index is 12.3. The van der Waals surface area contributed by atoms with E-state index in [-0.39, 0.29) is 24.5 Å². The van der Waals surface area contributed by atoms with Crippen molar-refractivity contribution < 1.29 is 14.7 Å². The molecule has 2 N–H and O–H groups in total. The third-order valence-corrected chi connectivity index (χ3v) is 4.56. The van der Waals surface area contributed by atoms with Crippen molar-refractivity contribution in [1.29, 1.82) is 0 Å². The number of rotatable bonds is 7. The quantitative estimate of drug-likeness (QED) is 0.776. The molecule has 0 radical (unpaired) electrons. The second-order valence-corrected chi connectivity index (χ2v) is 6.17. The van der Waals surface area contributed by atoms with Crippen molar-refractivity contribution in [3.8, 4) is 5.69 Å². The second kappa shape index (κ2) is 7.43. The molecule has 1 aliphatic carbocycles. The standard InChI is InChI=1S/C17H21N5O3/c1-2-21(9-16(23)24)15-7-13(8-15)20-17(25)12-3-5-14(6-4-12)22-10-18-19-11-22/h3-6,10-11,13,15H,2,7-9H2,1H3,(H,20,25)(H,23,24). The summed E-state index contributed by atoms with van der Waals surface area (Å²) in [5.41, 5.74) is 1.48. The molecule has 25 heavy (non-hydrogen) atoms. The van der Waals surface area contributed by atoms with E-state index in [0.717, 1.165) is 18.5 Å². The lowest BCUT2D eigenvalue weighted by atomic mass is 9.85. The predicted molar refractivity (Wildman–Crippen MR) is 90.5 cm³/mol. The Hall–Kier alpha value is -2.74. The smallest absolute Gasteiger partial charge is 0.317 e. The minimum Gasteiger partial charge on any atom is -0.480 e. The van der Waals surface area contributed by atoms with Gasteiger partial charge in [-0.3, -0.25) is 19.1 Å². The summed E-state index contributed by atoms with van der Waals surface area (Å²) >= 11 is 0. The van der Waals surface area contributed by atoms with Gasteiger partial charge < -0.3 is 10.4 Å². The number of benzene rings is 1. The molecule has 1 heterocycles. The van der Waals surface area contributed by atoms with Gasteiger partial charge >= 0.3 is 5.97 Å². The first-order valence-corrected chi connectivity index (χ1v) is 8.28. The van der Waals surface area contributed by atoms with Crippen molar-refractivity contribution >= 4 is 11.9 Å². The molecule has 1 fully saturated rings. The number of aliphatic carboxylic acids is 1. The molecule has 1 saturated carbocycles. The Balaban J connectivity index is 1.51. The van der Waals surface area contributed by atoms with Gasteiger partial charge in [0.2, 0.25) is 0 Å². The lowest BCUT2D eigenvalue weighted by Gasteiger charge is -2.42. The van der Waals surface area contributed by atoms with Crippen molar-refractivity contribution in [2.45, 2.75) is 31.8 Å². The van der Waals surface area contributed by atoms with Gasteiger partial charge in [0.25, 0.3) is 5.91 Å². The number of nitrogens with one attached hydrogen (secondary N) is 1. The van der Waals surface area contributed by atoms with E-state index in [1.54, 1.807) is 29.4 Å². The molecule has 1 aromatic heterocycles. The van der Waals surface area contributed by atoms with E-state index in [2.05, 4.69) is 15.5 Å². The van der Waals surface area contributed by atoms with E-state index in [9.17, 15) is 9.59 Å². The summed E-state index contributed by atoms with van der Waals surface area (Å²) in [6.45, 7) is 2.70. The number of amides is 1. The van der Waals surface area contributed by atoms with Gasteiger partial charge in [-0.1, -0.05) is 6.92 Å². The van der Waals surface area contributed by atoms with Crippen LogP contribution < -0.4 is 5.32 Å². The number of hydrogen-bond donors (Lipinski definition) is 2. The molecule has 1 aromatic carbocycles. The van der Waals surface area contributed by atoms with Crippen LogP contribution in [-0.4, -0.2) is 61.8 Å². The van der Waals surface area contributed by atoms with Crippen LogP contribution in [0.3, 0.4) is 0 Å². The van der Waals surface area contributed by atoms with Crippen LogP contribution in [0.25, 0.3) is 5.69 Å². The normalized spacial score (nSPS) is 19.4. The number of hydrogen-bond acceptors (Lipinski definition) is 5. The van der Waals surface area contributed by atoms with Gasteiger partial charge in [-0.2, -0.15) is 0 Å². The summed E-state index contributed by atoms with van der Waals surface area (Å²) in [6.07, 6.45) is 4.76. The SMILES string of the molecule is CCN(CC(=O)O)C1CC(NC(=O)c2ccc(-n3cnnc3)cc2)C1. The molecule has 0 saturated heterocycles. The summed E-state index contributed by atoms with van der Waals surface area (Å²) in [5, 5.41) is 19.4. The summed E-state index contributed by atoms with van der Waals surface area (Å²) < 4.78 is 1.76. The Kier molecular flexibility index (Phi) is 5.08. The number of carbonyl (C=O) groups excluding carboxylic acids is 1. The zero-order chi connectivity index (χ0) is 17.8. The average molecular weight is 343 g/mol. The second-order valence-electron chi connectivity index (χ2n) is 6.17. The lowest BCUT2D eigenvalue weighted by Crippen LogP contribution is -2.54. The van der Waals surface area contributed by atoms with Gasteiger partial charge in [-0.15, -0.1) is 10.2 Å². The van der Waals surface area contributed by atoms with Crippen LogP contribution in [0, 0.1) is 0 Å². The molecule has 0 unspecified atom stereocenters. The minimum atomic E-state index is -0.817. The van der Waals surface area contributed by atoms with Gasteiger partial charge in [0, 0.05) is 23.3 Å². The highest BCUT2D eigenvalue weighted by atomic mass is 16.4. The third-order valence-electron chi connectivity index (χ3n) is 4.56. The van der Waals surface area contributed by atoms with Crippen molar-refractivity contribution in [1.82, 2.24) is 25.0 Å². The Morgan fingerprint density at radius 2 is 1.88 bits per heavy atom. The Morgan fingerprint density at radius 3 is 2.44 bits per heavy atom. The van der Waals surface area contributed by atoms with E-state index in [1.807, 2.05) is 24.0 Å². The number of carboxylic acid groups (broad SMARTS) is 1.